The van der Waals surface area contributed by atoms with Crippen LogP contribution in [0.1, 0.15) is 40.0 Å². The lowest BCUT2D eigenvalue weighted by Gasteiger charge is -2.39. The van der Waals surface area contributed by atoms with Crippen molar-refractivity contribution in [3.63, 3.8) is 0 Å². The maximum atomic E-state index is 12.3. The van der Waals surface area contributed by atoms with Gasteiger partial charge in [-0.2, -0.15) is 0 Å². The molecule has 2 heterocycles. The number of nitrogens with zero attached hydrogens (tertiary/aromatic N) is 2. The quantitative estimate of drug-likeness (QED) is 0.674. The van der Waals surface area contributed by atoms with E-state index in [0.29, 0.717) is 13.1 Å². The zero-order valence-electron chi connectivity index (χ0n) is 12.4. The average Bonchev–Trinajstić information content (AvgIpc) is 2.56. The fraction of sp³-hybridized carbons (Fsp3) is 0.857. The smallest absolute Gasteiger partial charge is 0.410 e. The number of amides is 2. The molecule has 0 aliphatic carbocycles. The minimum atomic E-state index is -0.488. The van der Waals surface area contributed by atoms with E-state index in [1.165, 1.54) is 0 Å². The van der Waals surface area contributed by atoms with Crippen molar-refractivity contribution in [1.82, 2.24) is 9.80 Å². The van der Waals surface area contributed by atoms with Gasteiger partial charge in [0.05, 0.1) is 5.41 Å². The standard InChI is InChI=1S/C14H24N2O3/c1-13(2,3)19-12(18)16-8-5-6-14(10-16)7-9-15(4)11(14)17/h5-10H2,1-4H3/t14-/m0/s1. The molecular formula is C14H24N2O3. The predicted octanol–water partition coefficient (Wildman–Crippen LogP) is 1.87. The maximum absolute atomic E-state index is 12.3. The van der Waals surface area contributed by atoms with Gasteiger partial charge >= 0.3 is 6.09 Å². The second kappa shape index (κ2) is 4.69. The molecule has 0 N–H and O–H groups in total. The number of ether oxygens (including phenoxy) is 1. The van der Waals surface area contributed by atoms with Gasteiger partial charge in [0.25, 0.3) is 0 Å². The Balaban J connectivity index is 2.06. The third kappa shape index (κ3) is 2.85. The van der Waals surface area contributed by atoms with E-state index in [9.17, 15) is 9.59 Å². The van der Waals surface area contributed by atoms with Crippen LogP contribution in [0.25, 0.3) is 0 Å². The van der Waals surface area contributed by atoms with Crippen LogP contribution in [0.3, 0.4) is 0 Å². The molecule has 1 spiro atoms. The summed E-state index contributed by atoms with van der Waals surface area (Å²) in [5.41, 5.74) is -0.845. The summed E-state index contributed by atoms with van der Waals surface area (Å²) < 4.78 is 5.40. The molecule has 2 aliphatic rings. The molecule has 5 heteroatoms. The summed E-state index contributed by atoms with van der Waals surface area (Å²) >= 11 is 0. The Morgan fingerprint density at radius 3 is 2.47 bits per heavy atom. The van der Waals surface area contributed by atoms with Gasteiger partial charge in [0.1, 0.15) is 5.60 Å². The zero-order chi connectivity index (χ0) is 14.3. The number of piperidine rings is 1. The lowest BCUT2D eigenvalue weighted by molar-refractivity contribution is -0.137. The largest absolute Gasteiger partial charge is 0.444 e. The van der Waals surface area contributed by atoms with Crippen LogP contribution < -0.4 is 0 Å². The molecule has 0 aromatic rings. The lowest BCUT2D eigenvalue weighted by Crippen LogP contribution is -2.50. The van der Waals surface area contributed by atoms with E-state index in [1.807, 2.05) is 27.8 Å². The van der Waals surface area contributed by atoms with Crippen molar-refractivity contribution in [2.75, 3.05) is 26.7 Å². The van der Waals surface area contributed by atoms with Crippen molar-refractivity contribution in [2.45, 2.75) is 45.6 Å². The number of rotatable bonds is 0. The first kappa shape index (κ1) is 14.2. The van der Waals surface area contributed by atoms with Gasteiger partial charge in [-0.1, -0.05) is 0 Å². The minimum absolute atomic E-state index is 0.181. The summed E-state index contributed by atoms with van der Waals surface area (Å²) in [6, 6.07) is 0. The summed E-state index contributed by atoms with van der Waals surface area (Å²) in [7, 11) is 1.84. The second-order valence-electron chi connectivity index (χ2n) is 6.76. The summed E-state index contributed by atoms with van der Waals surface area (Å²) in [5.74, 6) is 0.181. The van der Waals surface area contributed by atoms with Gasteiger partial charge < -0.3 is 14.5 Å². The highest BCUT2D eigenvalue weighted by atomic mass is 16.6. The van der Waals surface area contributed by atoms with Crippen molar-refractivity contribution in [3.05, 3.63) is 0 Å². The summed E-state index contributed by atoms with van der Waals surface area (Å²) in [4.78, 5) is 27.9. The average molecular weight is 268 g/mol. The third-order valence-electron chi connectivity index (χ3n) is 3.95. The van der Waals surface area contributed by atoms with E-state index in [1.54, 1.807) is 9.80 Å². The van der Waals surface area contributed by atoms with Crippen LogP contribution in [-0.2, 0) is 9.53 Å². The Labute approximate surface area is 114 Å². The van der Waals surface area contributed by atoms with Gasteiger partial charge in [0.2, 0.25) is 5.91 Å². The summed E-state index contributed by atoms with van der Waals surface area (Å²) in [6.45, 7) is 7.57. The van der Waals surface area contributed by atoms with Crippen molar-refractivity contribution in [3.8, 4) is 0 Å². The van der Waals surface area contributed by atoms with Crippen molar-refractivity contribution >= 4 is 12.0 Å². The molecule has 0 aromatic heterocycles. The Morgan fingerprint density at radius 2 is 1.95 bits per heavy atom. The van der Waals surface area contributed by atoms with Crippen LogP contribution in [0.2, 0.25) is 0 Å². The first-order valence-corrected chi connectivity index (χ1v) is 6.97. The van der Waals surface area contributed by atoms with Crippen LogP contribution >= 0.6 is 0 Å². The highest BCUT2D eigenvalue weighted by molar-refractivity contribution is 5.85. The van der Waals surface area contributed by atoms with Crippen LogP contribution in [0, 0.1) is 5.41 Å². The predicted molar refractivity (Wildman–Crippen MR) is 71.7 cm³/mol. The summed E-state index contributed by atoms with van der Waals surface area (Å²) in [6.07, 6.45) is 2.31. The van der Waals surface area contributed by atoms with Gasteiger partial charge in [-0.15, -0.1) is 0 Å². The van der Waals surface area contributed by atoms with E-state index >= 15 is 0 Å². The highest BCUT2D eigenvalue weighted by Gasteiger charge is 2.48. The van der Waals surface area contributed by atoms with Crippen molar-refractivity contribution in [1.29, 1.82) is 0 Å². The van der Waals surface area contributed by atoms with Gasteiger partial charge in [-0.3, -0.25) is 4.79 Å². The molecule has 2 fully saturated rings. The molecule has 2 aliphatic heterocycles. The number of carbonyl (C=O) groups is 2. The van der Waals surface area contributed by atoms with E-state index in [4.69, 9.17) is 4.74 Å². The molecule has 0 saturated carbocycles. The molecule has 2 amide bonds. The van der Waals surface area contributed by atoms with Gasteiger partial charge in [-0.25, -0.2) is 4.79 Å². The highest BCUT2D eigenvalue weighted by Crippen LogP contribution is 2.39. The van der Waals surface area contributed by atoms with Gasteiger partial charge in [0, 0.05) is 26.7 Å². The fourth-order valence-corrected chi connectivity index (χ4v) is 2.99. The number of likely N-dealkylation sites (tertiary alicyclic amines) is 2. The molecule has 0 radical (unpaired) electrons. The monoisotopic (exact) mass is 268 g/mol. The van der Waals surface area contributed by atoms with Gasteiger partial charge in [0.15, 0.2) is 0 Å². The zero-order valence-corrected chi connectivity index (χ0v) is 12.4. The molecule has 0 unspecified atom stereocenters. The molecule has 0 bridgehead atoms. The van der Waals surface area contributed by atoms with E-state index in [0.717, 1.165) is 25.8 Å². The molecule has 108 valence electrons. The van der Waals surface area contributed by atoms with Crippen LogP contribution in [0.15, 0.2) is 0 Å². The third-order valence-corrected chi connectivity index (χ3v) is 3.95. The Hall–Kier alpha value is -1.26. The van der Waals surface area contributed by atoms with Crippen LogP contribution in [0.4, 0.5) is 4.79 Å². The van der Waals surface area contributed by atoms with E-state index in [2.05, 4.69) is 0 Å². The normalized spacial score (nSPS) is 28.1. The van der Waals surface area contributed by atoms with Crippen LogP contribution in [0.5, 0.6) is 0 Å². The molecule has 19 heavy (non-hydrogen) atoms. The first-order valence-electron chi connectivity index (χ1n) is 6.97. The fourth-order valence-electron chi connectivity index (χ4n) is 2.99. The molecule has 0 aromatic carbocycles. The Morgan fingerprint density at radius 1 is 1.26 bits per heavy atom. The molecule has 2 saturated heterocycles. The Kier molecular flexibility index (Phi) is 3.49. The lowest BCUT2D eigenvalue weighted by atomic mass is 9.78. The minimum Gasteiger partial charge on any atom is -0.444 e. The maximum Gasteiger partial charge on any atom is 0.410 e. The topological polar surface area (TPSA) is 49.9 Å². The number of carbonyl (C=O) groups excluding carboxylic acids is 2. The van der Waals surface area contributed by atoms with Crippen molar-refractivity contribution < 1.29 is 14.3 Å². The second-order valence-corrected chi connectivity index (χ2v) is 6.76. The van der Waals surface area contributed by atoms with Gasteiger partial charge in [-0.05, 0) is 40.0 Å². The number of hydrogen-bond acceptors (Lipinski definition) is 3. The Bertz CT molecular complexity index is 385. The van der Waals surface area contributed by atoms with Crippen molar-refractivity contribution in [2.24, 2.45) is 5.41 Å². The molecule has 2 rings (SSSR count). The molecule has 1 atom stereocenters. The van der Waals surface area contributed by atoms with Crippen LogP contribution in [-0.4, -0.2) is 54.1 Å². The van der Waals surface area contributed by atoms with E-state index in [-0.39, 0.29) is 17.4 Å². The van der Waals surface area contributed by atoms with E-state index < -0.39 is 5.60 Å². The summed E-state index contributed by atoms with van der Waals surface area (Å²) in [5, 5.41) is 0. The number of hydrogen-bond donors (Lipinski definition) is 0. The molecule has 5 nitrogen and oxygen atoms in total. The SMILES string of the molecule is CN1CC[C@]2(CCCN(C(=O)OC(C)(C)C)C2)C1=O. The first-order chi connectivity index (χ1) is 8.73. The molecular weight excluding hydrogens is 244 g/mol.